The first-order valence-corrected chi connectivity index (χ1v) is 16.0. The summed E-state index contributed by atoms with van der Waals surface area (Å²) in [6.45, 7) is -0.732. The number of halogens is 3. The standard InChI is InChI=1S/C32H30Cl3N3O5S/c1-36-32(40)29(18-22-9-5-3-6-10-22)37(20-23-13-15-26(34)27(35)17-23)31(39)21-38(28-19-24(33)14-16-30(28)43-2)44(41,42)25-11-7-4-8-12-25/h3-17,19,29H,18,20-21H2,1-2H3,(H,36,40)/t29-/m1/s1. The molecule has 2 amide bonds. The fourth-order valence-corrected chi connectivity index (χ4v) is 6.57. The van der Waals surface area contributed by atoms with Gasteiger partial charge in [-0.05, 0) is 53.6 Å². The van der Waals surface area contributed by atoms with E-state index in [1.54, 1.807) is 42.5 Å². The van der Waals surface area contributed by atoms with Crippen molar-refractivity contribution in [2.75, 3.05) is 25.0 Å². The van der Waals surface area contributed by atoms with Gasteiger partial charge in [0, 0.05) is 25.0 Å². The molecule has 230 valence electrons. The highest BCUT2D eigenvalue weighted by atomic mass is 35.5. The van der Waals surface area contributed by atoms with Gasteiger partial charge in [0.05, 0.1) is 27.7 Å². The number of hydrogen-bond acceptors (Lipinski definition) is 5. The fourth-order valence-electron chi connectivity index (χ4n) is 4.65. The normalized spacial score (nSPS) is 11.8. The van der Waals surface area contributed by atoms with Crippen LogP contribution in [0.3, 0.4) is 0 Å². The molecule has 8 nitrogen and oxygen atoms in total. The molecule has 0 bridgehead atoms. The minimum absolute atomic E-state index is 0.0435. The number of ether oxygens (including phenoxy) is 1. The molecular formula is C32H30Cl3N3O5S. The van der Waals surface area contributed by atoms with Crippen molar-refractivity contribution in [1.29, 1.82) is 0 Å². The van der Waals surface area contributed by atoms with Crippen LogP contribution in [-0.4, -0.2) is 51.9 Å². The number of carbonyl (C=O) groups is 2. The molecule has 0 saturated heterocycles. The molecule has 0 aliphatic heterocycles. The quantitative estimate of drug-likeness (QED) is 0.192. The van der Waals surface area contributed by atoms with Gasteiger partial charge < -0.3 is 15.0 Å². The largest absolute Gasteiger partial charge is 0.495 e. The summed E-state index contributed by atoms with van der Waals surface area (Å²) in [5.41, 5.74) is 1.46. The van der Waals surface area contributed by atoms with Crippen LogP contribution < -0.4 is 14.4 Å². The van der Waals surface area contributed by atoms with Gasteiger partial charge in [0.25, 0.3) is 10.0 Å². The third-order valence-corrected chi connectivity index (χ3v) is 9.62. The van der Waals surface area contributed by atoms with Crippen LogP contribution in [0.1, 0.15) is 11.1 Å². The van der Waals surface area contributed by atoms with E-state index in [0.717, 1.165) is 9.87 Å². The second-order valence-electron chi connectivity index (χ2n) is 9.73. The first-order chi connectivity index (χ1) is 21.0. The maximum absolute atomic E-state index is 14.4. The molecule has 0 spiro atoms. The molecule has 0 aromatic heterocycles. The second kappa shape index (κ2) is 14.8. The van der Waals surface area contributed by atoms with E-state index >= 15 is 0 Å². The Labute approximate surface area is 272 Å². The lowest BCUT2D eigenvalue weighted by Gasteiger charge is -2.34. The van der Waals surface area contributed by atoms with Crippen LogP contribution in [-0.2, 0) is 32.6 Å². The first kappa shape index (κ1) is 33.1. The van der Waals surface area contributed by atoms with E-state index in [2.05, 4.69) is 5.32 Å². The van der Waals surface area contributed by atoms with Gasteiger partial charge in [-0.2, -0.15) is 0 Å². The van der Waals surface area contributed by atoms with Crippen LogP contribution in [0.4, 0.5) is 5.69 Å². The molecule has 0 fully saturated rings. The van der Waals surface area contributed by atoms with E-state index in [0.29, 0.717) is 10.6 Å². The minimum atomic E-state index is -4.32. The molecule has 0 aliphatic rings. The lowest BCUT2D eigenvalue weighted by Crippen LogP contribution is -2.53. The van der Waals surface area contributed by atoms with Crippen molar-refractivity contribution in [2.24, 2.45) is 0 Å². The van der Waals surface area contributed by atoms with Crippen molar-refractivity contribution in [3.05, 3.63) is 123 Å². The van der Waals surface area contributed by atoms with Gasteiger partial charge in [0.2, 0.25) is 11.8 Å². The maximum atomic E-state index is 14.4. The molecule has 4 rings (SSSR count). The number of methoxy groups -OCH3 is 1. The van der Waals surface area contributed by atoms with Gasteiger partial charge in [-0.3, -0.25) is 13.9 Å². The lowest BCUT2D eigenvalue weighted by molar-refractivity contribution is -0.139. The molecule has 0 unspecified atom stereocenters. The number of rotatable bonds is 12. The van der Waals surface area contributed by atoms with Gasteiger partial charge >= 0.3 is 0 Å². The van der Waals surface area contributed by atoms with Crippen LogP contribution in [0.5, 0.6) is 5.75 Å². The third kappa shape index (κ3) is 7.84. The molecule has 4 aromatic carbocycles. The van der Waals surface area contributed by atoms with Crippen molar-refractivity contribution in [3.63, 3.8) is 0 Å². The number of hydrogen-bond donors (Lipinski definition) is 1. The zero-order valence-electron chi connectivity index (χ0n) is 23.9. The zero-order chi connectivity index (χ0) is 31.9. The van der Waals surface area contributed by atoms with Crippen molar-refractivity contribution >= 4 is 62.3 Å². The Hall–Kier alpha value is -3.76. The Morgan fingerprint density at radius 1 is 0.841 bits per heavy atom. The van der Waals surface area contributed by atoms with Crippen molar-refractivity contribution < 1.29 is 22.7 Å². The highest BCUT2D eigenvalue weighted by molar-refractivity contribution is 7.92. The van der Waals surface area contributed by atoms with E-state index in [9.17, 15) is 18.0 Å². The number of nitrogens with one attached hydrogen (secondary N) is 1. The van der Waals surface area contributed by atoms with Crippen LogP contribution in [0, 0.1) is 0 Å². The highest BCUT2D eigenvalue weighted by Gasteiger charge is 2.35. The Kier molecular flexibility index (Phi) is 11.2. The summed E-state index contributed by atoms with van der Waals surface area (Å²) in [5.74, 6) is -0.896. The summed E-state index contributed by atoms with van der Waals surface area (Å²) in [6, 6.07) is 25.3. The summed E-state index contributed by atoms with van der Waals surface area (Å²) in [5, 5.41) is 3.48. The molecule has 44 heavy (non-hydrogen) atoms. The number of benzene rings is 4. The minimum Gasteiger partial charge on any atom is -0.495 e. The lowest BCUT2D eigenvalue weighted by atomic mass is 10.0. The predicted molar refractivity (Wildman–Crippen MR) is 174 cm³/mol. The topological polar surface area (TPSA) is 96.0 Å². The number of carbonyl (C=O) groups excluding carboxylic acids is 2. The molecule has 4 aromatic rings. The van der Waals surface area contributed by atoms with E-state index < -0.39 is 34.4 Å². The van der Waals surface area contributed by atoms with Crippen LogP contribution in [0.15, 0.2) is 102 Å². The second-order valence-corrected chi connectivity index (χ2v) is 12.8. The molecular weight excluding hydrogens is 645 g/mol. The summed E-state index contributed by atoms with van der Waals surface area (Å²) < 4.78 is 34.6. The van der Waals surface area contributed by atoms with Gasteiger partial charge in [-0.1, -0.05) is 89.4 Å². The van der Waals surface area contributed by atoms with E-state index in [4.69, 9.17) is 39.5 Å². The van der Waals surface area contributed by atoms with E-state index in [1.807, 2.05) is 30.3 Å². The first-order valence-electron chi connectivity index (χ1n) is 13.5. The fraction of sp³-hybridized carbons (Fsp3) is 0.188. The molecule has 12 heteroatoms. The van der Waals surface area contributed by atoms with E-state index in [-0.39, 0.29) is 39.3 Å². The monoisotopic (exact) mass is 673 g/mol. The summed E-state index contributed by atoms with van der Waals surface area (Å²) in [7, 11) is -1.45. The number of nitrogens with zero attached hydrogens (tertiary/aromatic N) is 2. The highest BCUT2D eigenvalue weighted by Crippen LogP contribution is 2.35. The summed E-state index contributed by atoms with van der Waals surface area (Å²) >= 11 is 18.7. The molecule has 0 aliphatic carbocycles. The van der Waals surface area contributed by atoms with Gasteiger partial charge in [0.1, 0.15) is 18.3 Å². The average molecular weight is 675 g/mol. The Bertz CT molecular complexity index is 1720. The van der Waals surface area contributed by atoms with Gasteiger partial charge in [-0.15, -0.1) is 0 Å². The Morgan fingerprint density at radius 3 is 2.11 bits per heavy atom. The molecule has 1 atom stereocenters. The number of sulfonamides is 1. The van der Waals surface area contributed by atoms with Crippen LogP contribution in [0.25, 0.3) is 0 Å². The summed E-state index contributed by atoms with van der Waals surface area (Å²) in [4.78, 5) is 29.1. The SMILES string of the molecule is CNC(=O)[C@@H](Cc1ccccc1)N(Cc1ccc(Cl)c(Cl)c1)C(=O)CN(c1cc(Cl)ccc1OC)S(=O)(=O)c1ccccc1. The molecule has 1 N–H and O–H groups in total. The van der Waals surface area contributed by atoms with E-state index in [1.165, 1.54) is 43.3 Å². The van der Waals surface area contributed by atoms with Crippen molar-refractivity contribution in [3.8, 4) is 5.75 Å². The van der Waals surface area contributed by atoms with Gasteiger partial charge in [0.15, 0.2) is 0 Å². The Morgan fingerprint density at radius 2 is 1.50 bits per heavy atom. The average Bonchev–Trinajstić information content (AvgIpc) is 3.03. The zero-order valence-corrected chi connectivity index (χ0v) is 27.0. The molecule has 0 saturated carbocycles. The molecule has 0 heterocycles. The number of anilines is 1. The maximum Gasteiger partial charge on any atom is 0.264 e. The van der Waals surface area contributed by atoms with Crippen molar-refractivity contribution in [2.45, 2.75) is 23.9 Å². The van der Waals surface area contributed by atoms with Crippen LogP contribution in [0.2, 0.25) is 15.1 Å². The van der Waals surface area contributed by atoms with Gasteiger partial charge in [-0.25, -0.2) is 8.42 Å². The van der Waals surface area contributed by atoms with Crippen molar-refractivity contribution in [1.82, 2.24) is 10.2 Å². The third-order valence-electron chi connectivity index (χ3n) is 6.87. The number of likely N-dealkylation sites (N-methyl/N-ethyl adjacent to an activating group) is 1. The summed E-state index contributed by atoms with van der Waals surface area (Å²) in [6.07, 6.45) is 0.166. The predicted octanol–water partition coefficient (Wildman–Crippen LogP) is 6.24. The number of amides is 2. The van der Waals surface area contributed by atoms with Crippen LogP contribution >= 0.6 is 34.8 Å². The Balaban J connectivity index is 1.84. The molecule has 0 radical (unpaired) electrons. The smallest absolute Gasteiger partial charge is 0.264 e.